The summed E-state index contributed by atoms with van der Waals surface area (Å²) in [6.07, 6.45) is 0. The van der Waals surface area contributed by atoms with Gasteiger partial charge in [0.05, 0.1) is 9.80 Å². The van der Waals surface area contributed by atoms with E-state index in [-0.39, 0.29) is 18.2 Å². The fourth-order valence-electron chi connectivity index (χ4n) is 3.57. The van der Waals surface area contributed by atoms with Crippen molar-refractivity contribution in [2.24, 2.45) is 0 Å². The van der Waals surface area contributed by atoms with E-state index in [0.29, 0.717) is 48.9 Å². The predicted molar refractivity (Wildman–Crippen MR) is 119 cm³/mol. The van der Waals surface area contributed by atoms with Crippen molar-refractivity contribution in [1.29, 1.82) is 0 Å². The number of carbonyl (C=O) groups excluding carboxylic acids is 1. The number of thiophene rings is 1. The van der Waals surface area contributed by atoms with Crippen LogP contribution in [0.3, 0.4) is 0 Å². The normalized spacial score (nSPS) is 14.3. The third-order valence-electron chi connectivity index (χ3n) is 5.40. The molecule has 0 saturated carbocycles. The quantitative estimate of drug-likeness (QED) is 0.374. The minimum atomic E-state index is -0.854. The summed E-state index contributed by atoms with van der Waals surface area (Å²) in [6.45, 7) is 2.69. The second kappa shape index (κ2) is 10.1. The molecule has 0 spiro atoms. The number of piperazine rings is 1. The molecular formula is C23H21F2N3O4S. The second-order valence-corrected chi connectivity index (χ2v) is 8.55. The SMILES string of the molecule is O=C(c1cc(COc2ccc([N+](=O)[O-])cc2)cs1)N1CCN(Cc2cccc(F)c2F)CC1. The number of nitrogens with zero attached hydrogens (tertiary/aromatic N) is 3. The fraction of sp³-hybridized carbons (Fsp3) is 0.261. The molecule has 33 heavy (non-hydrogen) atoms. The van der Waals surface area contributed by atoms with Crippen molar-refractivity contribution in [3.8, 4) is 5.75 Å². The molecule has 0 bridgehead atoms. The number of hydrogen-bond acceptors (Lipinski definition) is 6. The minimum Gasteiger partial charge on any atom is -0.489 e. The van der Waals surface area contributed by atoms with Crippen molar-refractivity contribution in [2.45, 2.75) is 13.2 Å². The largest absolute Gasteiger partial charge is 0.489 e. The molecular weight excluding hydrogens is 452 g/mol. The van der Waals surface area contributed by atoms with Crippen molar-refractivity contribution in [3.05, 3.63) is 91.7 Å². The van der Waals surface area contributed by atoms with E-state index in [2.05, 4.69) is 0 Å². The molecule has 4 rings (SSSR count). The van der Waals surface area contributed by atoms with Crippen molar-refractivity contribution in [3.63, 3.8) is 0 Å². The number of nitro benzene ring substituents is 1. The minimum absolute atomic E-state index is 0.00747. The number of rotatable bonds is 7. The number of ether oxygens (including phenoxy) is 1. The lowest BCUT2D eigenvalue weighted by molar-refractivity contribution is -0.384. The molecule has 1 amide bonds. The average Bonchev–Trinajstić information content (AvgIpc) is 3.30. The van der Waals surface area contributed by atoms with Crippen LogP contribution in [0.2, 0.25) is 0 Å². The van der Waals surface area contributed by atoms with Gasteiger partial charge in [-0.1, -0.05) is 12.1 Å². The number of hydrogen-bond donors (Lipinski definition) is 0. The van der Waals surface area contributed by atoms with Crippen LogP contribution in [0.25, 0.3) is 0 Å². The molecule has 3 aromatic rings. The smallest absolute Gasteiger partial charge is 0.269 e. The summed E-state index contributed by atoms with van der Waals surface area (Å²) >= 11 is 1.33. The Bertz CT molecular complexity index is 1140. The molecule has 2 aromatic carbocycles. The van der Waals surface area contributed by atoms with E-state index in [4.69, 9.17) is 4.74 Å². The van der Waals surface area contributed by atoms with Crippen LogP contribution in [0.4, 0.5) is 14.5 Å². The zero-order chi connectivity index (χ0) is 23.4. The number of non-ortho nitro benzene ring substituents is 1. The molecule has 7 nitrogen and oxygen atoms in total. The molecule has 0 radical (unpaired) electrons. The van der Waals surface area contributed by atoms with Crippen molar-refractivity contribution >= 4 is 22.9 Å². The topological polar surface area (TPSA) is 75.9 Å². The summed E-state index contributed by atoms with van der Waals surface area (Å²) in [5.74, 6) is -1.24. The van der Waals surface area contributed by atoms with Gasteiger partial charge in [0.25, 0.3) is 11.6 Å². The lowest BCUT2D eigenvalue weighted by atomic mass is 10.1. The maximum atomic E-state index is 13.9. The Morgan fingerprint density at radius 1 is 1.09 bits per heavy atom. The van der Waals surface area contributed by atoms with Crippen LogP contribution in [0.5, 0.6) is 5.75 Å². The van der Waals surface area contributed by atoms with Gasteiger partial charge in [-0.2, -0.15) is 0 Å². The molecule has 1 aliphatic heterocycles. The van der Waals surface area contributed by atoms with Crippen LogP contribution in [0, 0.1) is 21.7 Å². The van der Waals surface area contributed by atoms with Gasteiger partial charge < -0.3 is 9.64 Å². The van der Waals surface area contributed by atoms with E-state index in [0.717, 1.165) is 11.6 Å². The standard InChI is InChI=1S/C23H21F2N3O4S/c24-20-3-1-2-17(22(20)25)13-26-8-10-27(11-9-26)23(29)21-12-16(15-33-21)14-32-19-6-4-18(5-7-19)28(30)31/h1-7,12,15H,8-11,13-14H2. The van der Waals surface area contributed by atoms with Crippen molar-refractivity contribution in [1.82, 2.24) is 9.80 Å². The van der Waals surface area contributed by atoms with Gasteiger partial charge in [0.15, 0.2) is 11.6 Å². The summed E-state index contributed by atoms with van der Waals surface area (Å²) in [7, 11) is 0. The fourth-order valence-corrected chi connectivity index (χ4v) is 4.43. The van der Waals surface area contributed by atoms with E-state index in [1.807, 2.05) is 10.3 Å². The van der Waals surface area contributed by atoms with Crippen LogP contribution in [-0.2, 0) is 13.2 Å². The number of carbonyl (C=O) groups is 1. The van der Waals surface area contributed by atoms with E-state index in [1.54, 1.807) is 17.0 Å². The lowest BCUT2D eigenvalue weighted by Crippen LogP contribution is -2.48. The number of nitro groups is 1. The highest BCUT2D eigenvalue weighted by molar-refractivity contribution is 7.12. The summed E-state index contributed by atoms with van der Waals surface area (Å²) in [5.41, 5.74) is 1.14. The number of amides is 1. The molecule has 2 heterocycles. The second-order valence-electron chi connectivity index (χ2n) is 7.64. The molecule has 10 heteroatoms. The zero-order valence-electron chi connectivity index (χ0n) is 17.6. The van der Waals surface area contributed by atoms with E-state index in [9.17, 15) is 23.7 Å². The highest BCUT2D eigenvalue weighted by atomic mass is 32.1. The predicted octanol–water partition coefficient (Wildman–Crippen LogP) is 4.47. The van der Waals surface area contributed by atoms with Gasteiger partial charge in [-0.25, -0.2) is 8.78 Å². The maximum absolute atomic E-state index is 13.9. The lowest BCUT2D eigenvalue weighted by Gasteiger charge is -2.34. The molecule has 1 saturated heterocycles. The van der Waals surface area contributed by atoms with E-state index in [1.165, 1.54) is 41.7 Å². The van der Waals surface area contributed by atoms with E-state index >= 15 is 0 Å². The van der Waals surface area contributed by atoms with Crippen LogP contribution in [0.1, 0.15) is 20.8 Å². The van der Waals surface area contributed by atoms with Crippen LogP contribution in [0.15, 0.2) is 53.9 Å². The van der Waals surface area contributed by atoms with Gasteiger partial charge in [-0.3, -0.25) is 19.8 Å². The summed E-state index contributed by atoms with van der Waals surface area (Å²) in [5, 5.41) is 12.6. The molecule has 0 aliphatic carbocycles. The van der Waals surface area contributed by atoms with Gasteiger partial charge >= 0.3 is 0 Å². The molecule has 0 unspecified atom stereocenters. The Labute approximate surface area is 193 Å². The van der Waals surface area contributed by atoms with Crippen LogP contribution in [-0.4, -0.2) is 46.8 Å². The third kappa shape index (κ3) is 5.52. The van der Waals surface area contributed by atoms with Crippen LogP contribution < -0.4 is 4.74 Å². The summed E-state index contributed by atoms with van der Waals surface area (Å²) < 4.78 is 33.0. The molecule has 0 atom stereocenters. The Balaban J connectivity index is 1.28. The average molecular weight is 474 g/mol. The first-order chi connectivity index (χ1) is 15.9. The first-order valence-corrected chi connectivity index (χ1v) is 11.2. The van der Waals surface area contributed by atoms with Crippen molar-refractivity contribution in [2.75, 3.05) is 26.2 Å². The van der Waals surface area contributed by atoms with Gasteiger partial charge in [0, 0.05) is 56.0 Å². The van der Waals surface area contributed by atoms with E-state index < -0.39 is 16.6 Å². The number of benzene rings is 2. The Hall–Kier alpha value is -3.37. The van der Waals surface area contributed by atoms with Crippen LogP contribution >= 0.6 is 11.3 Å². The third-order valence-corrected chi connectivity index (χ3v) is 6.37. The summed E-state index contributed by atoms with van der Waals surface area (Å²) in [6, 6.07) is 11.8. The highest BCUT2D eigenvalue weighted by Gasteiger charge is 2.24. The summed E-state index contributed by atoms with van der Waals surface area (Å²) in [4.78, 5) is 27.5. The molecule has 0 N–H and O–H groups in total. The molecule has 1 aliphatic rings. The highest BCUT2D eigenvalue weighted by Crippen LogP contribution is 2.22. The van der Waals surface area contributed by atoms with Gasteiger partial charge in [0.1, 0.15) is 12.4 Å². The monoisotopic (exact) mass is 473 g/mol. The Morgan fingerprint density at radius 3 is 2.52 bits per heavy atom. The number of halogens is 2. The molecule has 172 valence electrons. The molecule has 1 aromatic heterocycles. The van der Waals surface area contributed by atoms with Gasteiger partial charge in [-0.15, -0.1) is 11.3 Å². The van der Waals surface area contributed by atoms with Crippen molar-refractivity contribution < 1.29 is 23.2 Å². The Kier molecular flexibility index (Phi) is 6.95. The Morgan fingerprint density at radius 2 is 1.82 bits per heavy atom. The molecule has 1 fully saturated rings. The maximum Gasteiger partial charge on any atom is 0.269 e. The van der Waals surface area contributed by atoms with Gasteiger partial charge in [0.2, 0.25) is 0 Å². The first kappa shape index (κ1) is 22.8. The zero-order valence-corrected chi connectivity index (χ0v) is 18.4. The van der Waals surface area contributed by atoms with Gasteiger partial charge in [-0.05, 0) is 29.6 Å². The first-order valence-electron chi connectivity index (χ1n) is 10.3.